The number of nitrogens with zero attached hydrogens (tertiary/aromatic N) is 1. The summed E-state index contributed by atoms with van der Waals surface area (Å²) in [5, 5.41) is 58.6. The smallest absolute Gasteiger partial charge is 1.00 e. The summed E-state index contributed by atoms with van der Waals surface area (Å²) in [5.41, 5.74) is 10.3. The van der Waals surface area contributed by atoms with Gasteiger partial charge in [-0.15, -0.1) is 69.9 Å². The second kappa shape index (κ2) is 75.7. The first-order chi connectivity index (χ1) is 68.1. The Labute approximate surface area is 998 Å². The quantitative estimate of drug-likeness (QED) is 0.00979. The SMILES string of the molecule is Brc1cccc2c1CCC(c1cccs1)N2.C1CCOC1.CC(CCc1c(Br)cccc1Br)c1cccs1.CCC[CH2][Sn]([CH2]CCC)([CH2]CCC)[c]1cccs1.CCO.CN1c2cccc(Br)c2CCC1c1cccs1.O=C(CCc1c(Br)cccc1Br)c1cccs1.O=C(Cl)CCc1c(Br)cccc1Br.O=C(O)CS.OB(O)c1cccc(OC(F)(F)F)c1.OC(CCc1c(Br)cccc1Br)c1cccs1.[B].[H-].[Na+]. The van der Waals surface area contributed by atoms with Crippen molar-refractivity contribution in [1.29, 1.82) is 0 Å². The molecule has 1 fully saturated rings. The van der Waals surface area contributed by atoms with Crippen LogP contribution in [0.25, 0.3) is 0 Å². The zero-order valence-electron chi connectivity index (χ0n) is 82.6. The molecule has 0 amide bonds. The molecule has 3 aliphatic rings. The van der Waals surface area contributed by atoms with E-state index in [0.29, 0.717) is 37.3 Å². The van der Waals surface area contributed by atoms with Crippen LogP contribution in [0, 0.1) is 0 Å². The number of ketones is 1. The van der Waals surface area contributed by atoms with Crippen LogP contribution in [0.15, 0.2) is 283 Å². The fourth-order valence-corrected chi connectivity index (χ4v) is 45.7. The molecule has 0 aliphatic carbocycles. The number of ether oxygens (including phenoxy) is 2. The van der Waals surface area contributed by atoms with Gasteiger partial charge in [-0.2, -0.15) is 12.6 Å². The number of Topliss-reactive ketones (excluding diaryl/α,β-unsaturated/α-hetero) is 1. The molecule has 7 aromatic carbocycles. The molecule has 0 spiro atoms. The van der Waals surface area contributed by atoms with E-state index in [0.717, 1.165) is 112 Å². The number of halogens is 14. The largest absolute Gasteiger partial charge is 1.00 e. The summed E-state index contributed by atoms with van der Waals surface area (Å²) in [7, 11) is 0.390. The second-order valence-corrected chi connectivity index (χ2v) is 62.0. The average Bonchev–Trinajstić information content (AvgIpc) is 1.61. The molecule has 4 atom stereocenters. The number of aliphatic hydroxyl groups excluding tert-OH is 2. The summed E-state index contributed by atoms with van der Waals surface area (Å²) in [6.07, 6.45) is 16.8. The Hall–Kier alpha value is -2.09. The number of aliphatic hydroxyl groups is 2. The summed E-state index contributed by atoms with van der Waals surface area (Å²) >= 11 is 52.8. The number of carbonyl (C=O) groups is 3. The number of thiophene rings is 6. The normalized spacial score (nSPS) is 13.3. The first kappa shape index (κ1) is 134. The fraction of sp³-hybridized carbons (Fsp3) is 0.355. The summed E-state index contributed by atoms with van der Waals surface area (Å²) in [4.78, 5) is 40.4. The third kappa shape index (κ3) is 49.8. The van der Waals surface area contributed by atoms with Crippen molar-refractivity contribution in [1.82, 2.24) is 0 Å². The second-order valence-electron chi connectivity index (χ2n) is 32.8. The van der Waals surface area contributed by atoms with Crippen LogP contribution >= 0.6 is 252 Å². The number of hydrogen-bond acceptors (Lipinski definition) is 18. The Morgan fingerprint density at radius 1 is 0.549 bits per heavy atom. The monoisotopic (exact) mass is 2870 g/mol. The number of carboxylic acids is 1. The van der Waals surface area contributed by atoms with Crippen molar-refractivity contribution in [2.45, 2.75) is 207 Å². The molecule has 3 radical (unpaired) electrons. The van der Waals surface area contributed by atoms with E-state index in [4.69, 9.17) is 36.6 Å². The zero-order chi connectivity index (χ0) is 104. The number of aliphatic carboxylic acids is 1. The van der Waals surface area contributed by atoms with Gasteiger partial charge in [-0.25, -0.2) is 0 Å². The molecular weight excluding hydrogens is 2750 g/mol. The van der Waals surface area contributed by atoms with Gasteiger partial charge in [-0.1, -0.05) is 245 Å². The van der Waals surface area contributed by atoms with Crippen LogP contribution < -0.4 is 52.9 Å². The number of anilines is 2. The van der Waals surface area contributed by atoms with Crippen LogP contribution in [0.4, 0.5) is 24.5 Å². The summed E-state index contributed by atoms with van der Waals surface area (Å²) in [5.74, 6) is -0.604. The molecule has 9 heterocycles. The Morgan fingerprint density at radius 2 is 0.965 bits per heavy atom. The number of carbonyl (C=O) groups excluding carboxylic acids is 2. The maximum Gasteiger partial charge on any atom is 1.00 e. The Balaban J connectivity index is 0.000000417. The summed E-state index contributed by atoms with van der Waals surface area (Å²) in [6.45, 7) is 13.3. The maximum atomic E-state index is 11.9. The molecule has 37 heteroatoms. The van der Waals surface area contributed by atoms with Crippen LogP contribution in [0.5, 0.6) is 5.75 Å². The van der Waals surface area contributed by atoms with E-state index in [-0.39, 0.29) is 74.3 Å². The van der Waals surface area contributed by atoms with Gasteiger partial charge in [-0.05, 0) is 282 Å². The minimum Gasteiger partial charge on any atom is -1.00 e. The van der Waals surface area contributed by atoms with Gasteiger partial charge < -0.3 is 46.5 Å². The number of rotatable bonds is 30. The molecular formula is C107H124B2Br10ClF3N2NaO10S7Sn. The third-order valence-electron chi connectivity index (χ3n) is 22.5. The Morgan fingerprint density at radius 3 is 1.40 bits per heavy atom. The molecule has 0 bridgehead atoms. The van der Waals surface area contributed by atoms with Crippen LogP contribution in [0.2, 0.25) is 13.3 Å². The van der Waals surface area contributed by atoms with Gasteiger partial charge in [-0.3, -0.25) is 14.4 Å². The number of benzene rings is 7. The van der Waals surface area contributed by atoms with Crippen molar-refractivity contribution in [2.24, 2.45) is 0 Å². The molecule has 144 heavy (non-hydrogen) atoms. The molecule has 12 nitrogen and oxygen atoms in total. The predicted octanol–water partition coefficient (Wildman–Crippen LogP) is 32.8. The van der Waals surface area contributed by atoms with Gasteiger partial charge in [0, 0.05) is 124 Å². The topological polar surface area (TPSA) is 186 Å². The van der Waals surface area contributed by atoms with Crippen LogP contribution in [0.1, 0.15) is 213 Å². The number of thiol groups is 1. The number of unbranched alkanes of at least 4 members (excludes halogenated alkanes) is 3. The van der Waals surface area contributed by atoms with Gasteiger partial charge in [0.25, 0.3) is 0 Å². The van der Waals surface area contributed by atoms with Crippen molar-refractivity contribution in [2.75, 3.05) is 42.8 Å². The van der Waals surface area contributed by atoms with E-state index >= 15 is 0 Å². The Kier molecular flexibility index (Phi) is 70.5. The number of alkyl halides is 3. The van der Waals surface area contributed by atoms with Crippen LogP contribution in [-0.4, -0.2) is 115 Å². The molecule has 4 unspecified atom stereocenters. The van der Waals surface area contributed by atoms with E-state index < -0.39 is 43.6 Å². The minimum atomic E-state index is -4.78. The van der Waals surface area contributed by atoms with E-state index in [1.54, 1.807) is 31.6 Å². The van der Waals surface area contributed by atoms with Crippen molar-refractivity contribution >= 4 is 322 Å². The number of nitrogens with one attached hydrogen (secondary N) is 1. The first-order valence-electron chi connectivity index (χ1n) is 46.7. The van der Waals surface area contributed by atoms with Gasteiger partial charge in [0.15, 0.2) is 5.78 Å². The van der Waals surface area contributed by atoms with Crippen molar-refractivity contribution < 1.29 is 93.4 Å². The average molecular weight is 2880 g/mol. The number of fused-ring (bicyclic) bond motifs is 2. The van der Waals surface area contributed by atoms with Gasteiger partial charge >= 0.3 is 172 Å². The summed E-state index contributed by atoms with van der Waals surface area (Å²) in [6, 6.07) is 68.0. The van der Waals surface area contributed by atoms with Crippen molar-refractivity contribution in [3.63, 3.8) is 0 Å². The minimum absolute atomic E-state index is 0. The van der Waals surface area contributed by atoms with E-state index in [1.807, 2.05) is 127 Å². The van der Waals surface area contributed by atoms with E-state index in [2.05, 4.69) is 358 Å². The van der Waals surface area contributed by atoms with Gasteiger partial charge in [0.1, 0.15) is 5.75 Å². The zero-order valence-corrected chi connectivity index (χ0v) is 109. The molecule has 13 aromatic rings. The third-order valence-corrected chi connectivity index (χ3v) is 54.6. The maximum absolute atomic E-state index is 11.9. The fourth-order valence-electron chi connectivity index (χ4n) is 15.1. The van der Waals surface area contributed by atoms with Crippen LogP contribution in [-0.2, 0) is 52.9 Å². The van der Waals surface area contributed by atoms with E-state index in [9.17, 15) is 32.7 Å². The van der Waals surface area contributed by atoms with Crippen LogP contribution in [0.3, 0.4) is 0 Å². The summed E-state index contributed by atoms with van der Waals surface area (Å²) < 4.78 is 61.5. The molecule has 6 aromatic heterocycles. The molecule has 1 saturated heterocycles. The molecule has 6 N–H and O–H groups in total. The molecule has 3 aliphatic heterocycles. The Bertz CT molecular complexity index is 5530. The van der Waals surface area contributed by atoms with Gasteiger partial charge in [0.2, 0.25) is 5.24 Å². The molecule has 773 valence electrons. The number of hydrogen-bond donors (Lipinski definition) is 7. The van der Waals surface area contributed by atoms with Crippen molar-refractivity contribution in [3.8, 4) is 5.75 Å². The number of carboxylic acid groups (broad SMARTS) is 1. The standard InChI is InChI=1S/C14H14Br2S.C14H14BrNS.C13H12Br2OS.C13H10Br2OS.C13H12BrNS.C9H7Br2ClO.C7H6BF3O3.C4H8O.C4H3S.3C4H9.C2H4O2S.C2H6O.B.Na.Sn.H/c1-10(14-6-3-9-17-14)7-8-11-12(15)4-2-5-13(11)16;1-16-12-5-2-4-11(15)10(12)7-8-13(16)14-6-3-9-17-14;2*14-10-3-1-4-11(15)9(10)6-7-12(16)13-5-2-8-17-13;14-10-3-1-4-11-9(10)6-7-12(15-11)13-5-2-8-16-13;10-7-2-1-3-8(11)6(7)4-5-9(12)13;9-7(10,11)14-6-3-1-2-5(4-6)8(12)13;2*1-2-4-5-3-1;3*1-3-4-2;3-2(4)1-5;1-2-3;;;;/h2-6,9-10H,7-8H2,1H3;2-6,9,13H,7-8H2,1H3;1-5,8,12,16H,6-7H2;1-5,8H,6-7H2;1-5,8,12,15H,6-7H2;1-3H,4-5H2;1-4,12-13H;1-4H2;1-3H;3*1,3-4H2,2H3;5H,1H2,(H,3,4);3H,2H2,1H3;;;;/q;;;;;;;;;;;;;;;+1;;-1. The molecule has 16 rings (SSSR count). The first-order valence-corrected chi connectivity index (χ1v) is 68.4. The van der Waals surface area contributed by atoms with E-state index in [1.165, 1.54) is 160 Å². The predicted molar refractivity (Wildman–Crippen MR) is 646 cm³/mol. The van der Waals surface area contributed by atoms with Crippen molar-refractivity contribution in [3.05, 3.63) is 341 Å². The van der Waals surface area contributed by atoms with Gasteiger partial charge in [0.05, 0.1) is 28.8 Å². The molecule has 0 saturated carbocycles.